The molecule has 0 fully saturated rings. The summed E-state index contributed by atoms with van der Waals surface area (Å²) in [7, 11) is 0. The van der Waals surface area contributed by atoms with Gasteiger partial charge in [-0.3, -0.25) is 4.98 Å². The number of amides is 1. The van der Waals surface area contributed by atoms with Crippen molar-refractivity contribution in [2.75, 3.05) is 6.61 Å². The average Bonchev–Trinajstić information content (AvgIpc) is 2.90. The van der Waals surface area contributed by atoms with Gasteiger partial charge in [-0.15, -0.1) is 0 Å². The second-order valence-corrected chi connectivity index (χ2v) is 11.7. The minimum absolute atomic E-state index is 0.0933. The van der Waals surface area contributed by atoms with Gasteiger partial charge in [-0.25, -0.2) is 14.6 Å². The zero-order valence-corrected chi connectivity index (χ0v) is 26.4. The van der Waals surface area contributed by atoms with Crippen LogP contribution >= 0.6 is 0 Å². The molecule has 9 heteroatoms. The fraction of sp³-hybridized carbons (Fsp3) is 0.485. The normalized spacial score (nSPS) is 11.4. The van der Waals surface area contributed by atoms with Gasteiger partial charge in [-0.1, -0.05) is 50.6 Å². The number of hydrogen-bond acceptors (Lipinski definition) is 8. The molecule has 1 amide bonds. The van der Waals surface area contributed by atoms with Crippen LogP contribution in [0.25, 0.3) is 11.1 Å². The van der Waals surface area contributed by atoms with Gasteiger partial charge in [0.25, 0.3) is 0 Å². The standard InChI is InChI=1S/C33H44N4O5/c1-10-28-34-18-25(31(38)40-11-2)30(37-28)41-19-26-22(6)36-27(16-20(3)4)24(17-35-32(39)42-33(7,8)9)29(26)23-14-12-21(5)13-15-23/h12-15,18,20H,10-11,16-17,19H2,1-9H3,(H,35,39). The maximum atomic E-state index is 12.7. The molecule has 1 N–H and O–H groups in total. The quantitative estimate of drug-likeness (QED) is 0.251. The highest BCUT2D eigenvalue weighted by Crippen LogP contribution is 2.34. The first kappa shape index (κ1) is 32.5. The highest BCUT2D eigenvalue weighted by molar-refractivity contribution is 5.91. The number of benzene rings is 1. The maximum Gasteiger partial charge on any atom is 0.407 e. The van der Waals surface area contributed by atoms with Gasteiger partial charge in [-0.2, -0.15) is 4.98 Å². The number of nitrogens with zero attached hydrogens (tertiary/aromatic N) is 3. The van der Waals surface area contributed by atoms with E-state index in [1.165, 1.54) is 6.20 Å². The summed E-state index contributed by atoms with van der Waals surface area (Å²) in [6, 6.07) is 8.24. The van der Waals surface area contributed by atoms with Crippen molar-refractivity contribution in [2.24, 2.45) is 5.92 Å². The Kier molecular flexibility index (Phi) is 11.0. The van der Waals surface area contributed by atoms with Crippen molar-refractivity contribution in [3.63, 3.8) is 0 Å². The number of nitrogens with one attached hydrogen (secondary N) is 1. The Morgan fingerprint density at radius 3 is 2.29 bits per heavy atom. The highest BCUT2D eigenvalue weighted by Gasteiger charge is 2.24. The fourth-order valence-electron chi connectivity index (χ4n) is 4.48. The molecule has 2 heterocycles. The van der Waals surface area contributed by atoms with Gasteiger partial charge in [-0.05, 0) is 65.0 Å². The minimum atomic E-state index is -0.624. The van der Waals surface area contributed by atoms with Gasteiger partial charge in [0.1, 0.15) is 23.6 Å². The highest BCUT2D eigenvalue weighted by atomic mass is 16.6. The predicted octanol–water partition coefficient (Wildman–Crippen LogP) is 6.70. The van der Waals surface area contributed by atoms with Gasteiger partial charge in [0.05, 0.1) is 6.61 Å². The summed E-state index contributed by atoms with van der Waals surface area (Å²) >= 11 is 0. The first-order valence-corrected chi connectivity index (χ1v) is 14.5. The first-order valence-electron chi connectivity index (χ1n) is 14.5. The van der Waals surface area contributed by atoms with Crippen LogP contribution in [0.15, 0.2) is 30.5 Å². The van der Waals surface area contributed by atoms with Crippen molar-refractivity contribution in [2.45, 2.75) is 93.9 Å². The molecule has 0 unspecified atom stereocenters. The molecule has 9 nitrogen and oxygen atoms in total. The summed E-state index contributed by atoms with van der Waals surface area (Å²) in [5, 5.41) is 2.94. The third-order valence-corrected chi connectivity index (χ3v) is 6.41. The molecule has 0 saturated heterocycles. The summed E-state index contributed by atoms with van der Waals surface area (Å²) in [5.74, 6) is 0.513. The lowest BCUT2D eigenvalue weighted by Crippen LogP contribution is -2.32. The van der Waals surface area contributed by atoms with Crippen LogP contribution in [0.2, 0.25) is 0 Å². The largest absolute Gasteiger partial charge is 0.472 e. The molecule has 0 radical (unpaired) electrons. The van der Waals surface area contributed by atoms with Crippen LogP contribution < -0.4 is 10.1 Å². The van der Waals surface area contributed by atoms with E-state index in [4.69, 9.17) is 19.2 Å². The Labute approximate surface area is 249 Å². The Balaban J connectivity index is 2.15. The summed E-state index contributed by atoms with van der Waals surface area (Å²) in [4.78, 5) is 39.1. The SMILES string of the molecule is CCOC(=O)c1cnc(CC)nc1OCc1c(C)nc(CC(C)C)c(CNC(=O)OC(C)(C)C)c1-c1ccc(C)cc1. The molecule has 226 valence electrons. The number of carbonyl (C=O) groups excluding carboxylic acids is 2. The summed E-state index contributed by atoms with van der Waals surface area (Å²) in [6.45, 7) is 18.0. The molecule has 0 bridgehead atoms. The number of esters is 1. The monoisotopic (exact) mass is 576 g/mol. The molecular formula is C33H44N4O5. The van der Waals surface area contributed by atoms with Crippen molar-refractivity contribution in [3.8, 4) is 17.0 Å². The Morgan fingerprint density at radius 1 is 1.00 bits per heavy atom. The molecule has 2 aromatic heterocycles. The number of rotatable bonds is 11. The smallest absolute Gasteiger partial charge is 0.407 e. The Bertz CT molecular complexity index is 1400. The number of ether oxygens (including phenoxy) is 3. The first-order chi connectivity index (χ1) is 19.8. The zero-order chi connectivity index (χ0) is 31.0. The van der Waals surface area contributed by atoms with Gasteiger partial charge < -0.3 is 19.5 Å². The molecule has 0 aliphatic rings. The van der Waals surface area contributed by atoms with Gasteiger partial charge in [0, 0.05) is 41.7 Å². The van der Waals surface area contributed by atoms with Crippen molar-refractivity contribution in [1.29, 1.82) is 0 Å². The molecule has 0 saturated carbocycles. The Hall–Kier alpha value is -4.01. The topological polar surface area (TPSA) is 113 Å². The molecule has 42 heavy (non-hydrogen) atoms. The fourth-order valence-corrected chi connectivity index (χ4v) is 4.48. The van der Waals surface area contributed by atoms with Crippen molar-refractivity contribution in [3.05, 3.63) is 69.9 Å². The number of aromatic nitrogens is 3. The summed E-state index contributed by atoms with van der Waals surface area (Å²) < 4.78 is 17.0. The number of hydrogen-bond donors (Lipinski definition) is 1. The molecule has 3 aromatic rings. The Morgan fingerprint density at radius 2 is 1.69 bits per heavy atom. The lowest BCUT2D eigenvalue weighted by Gasteiger charge is -2.24. The molecule has 0 atom stereocenters. The van der Waals surface area contributed by atoms with E-state index >= 15 is 0 Å². The van der Waals surface area contributed by atoms with Gasteiger partial charge in [0.2, 0.25) is 5.88 Å². The van der Waals surface area contributed by atoms with Crippen LogP contribution in [0.3, 0.4) is 0 Å². The summed E-state index contributed by atoms with van der Waals surface area (Å²) in [5.41, 5.74) is 6.00. The van der Waals surface area contributed by atoms with E-state index in [1.54, 1.807) is 6.92 Å². The lowest BCUT2D eigenvalue weighted by molar-refractivity contribution is 0.0510. The van der Waals surface area contributed by atoms with Gasteiger partial charge >= 0.3 is 12.1 Å². The van der Waals surface area contributed by atoms with Crippen molar-refractivity contribution < 1.29 is 23.8 Å². The molecule has 3 rings (SSSR count). The minimum Gasteiger partial charge on any atom is -0.472 e. The van der Waals surface area contributed by atoms with Crippen molar-refractivity contribution in [1.82, 2.24) is 20.3 Å². The predicted molar refractivity (Wildman–Crippen MR) is 162 cm³/mol. The van der Waals surface area contributed by atoms with Crippen LogP contribution in [-0.2, 0) is 35.5 Å². The molecule has 0 aliphatic carbocycles. The van der Waals surface area contributed by atoms with E-state index in [9.17, 15) is 9.59 Å². The van der Waals surface area contributed by atoms with Crippen LogP contribution in [0.4, 0.5) is 4.79 Å². The lowest BCUT2D eigenvalue weighted by atomic mass is 9.90. The number of pyridine rings is 1. The molecule has 0 aliphatic heterocycles. The second-order valence-electron chi connectivity index (χ2n) is 11.7. The van der Waals surface area contributed by atoms with E-state index in [-0.39, 0.29) is 31.2 Å². The van der Waals surface area contributed by atoms with Gasteiger partial charge in [0.15, 0.2) is 0 Å². The van der Waals surface area contributed by atoms with E-state index in [0.29, 0.717) is 18.2 Å². The maximum absolute atomic E-state index is 12.7. The molecular weight excluding hydrogens is 532 g/mol. The number of alkyl carbamates (subject to hydrolysis) is 1. The number of aryl methyl sites for hydroxylation is 3. The van der Waals surface area contributed by atoms with Crippen LogP contribution in [-0.4, -0.2) is 39.2 Å². The zero-order valence-electron chi connectivity index (χ0n) is 26.4. The second kappa shape index (κ2) is 14.2. The summed E-state index contributed by atoms with van der Waals surface area (Å²) in [6.07, 6.45) is 2.26. The third kappa shape index (κ3) is 8.74. The van der Waals surface area contributed by atoms with E-state index in [2.05, 4.69) is 53.4 Å². The molecule has 0 spiro atoms. The van der Waals surface area contributed by atoms with Crippen LogP contribution in [0.5, 0.6) is 5.88 Å². The van der Waals surface area contributed by atoms with E-state index in [0.717, 1.165) is 45.6 Å². The van der Waals surface area contributed by atoms with Crippen LogP contribution in [0, 0.1) is 19.8 Å². The third-order valence-electron chi connectivity index (χ3n) is 6.41. The van der Waals surface area contributed by atoms with E-state index < -0.39 is 17.7 Å². The van der Waals surface area contributed by atoms with E-state index in [1.807, 2.05) is 41.5 Å². The average molecular weight is 577 g/mol. The number of carbonyl (C=O) groups is 2. The van der Waals surface area contributed by atoms with Crippen LogP contribution in [0.1, 0.15) is 92.7 Å². The molecule has 1 aromatic carbocycles. The van der Waals surface area contributed by atoms with Crippen molar-refractivity contribution >= 4 is 12.1 Å².